The topological polar surface area (TPSA) is 83.0 Å². The Hall–Kier alpha value is -3.91. The molecule has 0 bridgehead atoms. The summed E-state index contributed by atoms with van der Waals surface area (Å²) >= 11 is 1.25. The number of fused-ring (bicyclic) bond motifs is 1. The lowest BCUT2D eigenvalue weighted by Gasteiger charge is -2.20. The van der Waals surface area contributed by atoms with Crippen LogP contribution >= 0.6 is 11.8 Å². The molecule has 0 aliphatic carbocycles. The predicted molar refractivity (Wildman–Crippen MR) is 146 cm³/mol. The van der Waals surface area contributed by atoms with Crippen molar-refractivity contribution >= 4 is 39.8 Å². The number of aromatic nitrogens is 1. The molecule has 1 N–H and O–H groups in total. The molecule has 7 nitrogen and oxygen atoms in total. The third kappa shape index (κ3) is 4.40. The zero-order chi connectivity index (χ0) is 25.4. The fourth-order valence-corrected chi connectivity index (χ4v) is 5.11. The molecule has 3 aromatic rings. The molecule has 2 aliphatic heterocycles. The Labute approximate surface area is 214 Å². The zero-order valence-electron chi connectivity index (χ0n) is 20.7. The van der Waals surface area contributed by atoms with Crippen LogP contribution in [-0.2, 0) is 11.2 Å². The molecular weight excluding hydrogens is 470 g/mol. The van der Waals surface area contributed by atoms with Crippen LogP contribution in [0.4, 0.5) is 0 Å². The highest BCUT2D eigenvalue weighted by molar-refractivity contribution is 8.27. The van der Waals surface area contributed by atoms with Crippen LogP contribution in [0.5, 0.6) is 5.75 Å². The summed E-state index contributed by atoms with van der Waals surface area (Å²) in [5.74, 6) is 0.353. The number of carbonyl (C=O) groups is 1. The summed E-state index contributed by atoms with van der Waals surface area (Å²) in [6.45, 7) is 8.41. The molecule has 0 fully saturated rings. The smallest absolute Gasteiger partial charge is 0.283 e. The number of hydrazone groups is 1. The number of benzene rings is 2. The molecule has 0 unspecified atom stereocenters. The molecule has 0 saturated heterocycles. The number of amidine groups is 2. The maximum Gasteiger partial charge on any atom is 0.283 e. The van der Waals surface area contributed by atoms with Crippen LogP contribution in [-0.4, -0.2) is 38.1 Å². The third-order valence-electron chi connectivity index (χ3n) is 6.31. The van der Waals surface area contributed by atoms with Gasteiger partial charge in [-0.05, 0) is 86.0 Å². The zero-order valence-corrected chi connectivity index (χ0v) is 21.5. The molecule has 1 aromatic heterocycles. The van der Waals surface area contributed by atoms with E-state index in [1.165, 1.54) is 22.3 Å². The van der Waals surface area contributed by atoms with Crippen molar-refractivity contribution in [2.45, 2.75) is 34.1 Å². The maximum absolute atomic E-state index is 12.9. The lowest BCUT2D eigenvalue weighted by molar-refractivity contribution is -0.114. The molecule has 0 saturated carbocycles. The number of nitrogens with one attached hydrogen (secondary N) is 1. The molecule has 182 valence electrons. The largest absolute Gasteiger partial charge is 0.486 e. The van der Waals surface area contributed by atoms with Gasteiger partial charge in [0, 0.05) is 17.1 Å². The van der Waals surface area contributed by atoms with Crippen LogP contribution in [0, 0.1) is 26.2 Å². The Bertz CT molecular complexity index is 1460. The van der Waals surface area contributed by atoms with Gasteiger partial charge in [0.1, 0.15) is 17.4 Å². The summed E-state index contributed by atoms with van der Waals surface area (Å²) in [7, 11) is 0. The lowest BCUT2D eigenvalue weighted by Crippen LogP contribution is -2.35. The Morgan fingerprint density at radius 1 is 1.08 bits per heavy atom. The summed E-state index contributed by atoms with van der Waals surface area (Å²) in [5.41, 5.74) is 6.51. The molecule has 0 atom stereocenters. The van der Waals surface area contributed by atoms with E-state index in [1.54, 1.807) is 6.08 Å². The highest BCUT2D eigenvalue weighted by atomic mass is 32.2. The summed E-state index contributed by atoms with van der Waals surface area (Å²) in [6, 6.07) is 18.3. The van der Waals surface area contributed by atoms with Crippen LogP contribution in [0.15, 0.2) is 70.3 Å². The summed E-state index contributed by atoms with van der Waals surface area (Å²) < 4.78 is 8.05. The molecule has 3 heterocycles. The number of rotatable bonds is 6. The van der Waals surface area contributed by atoms with Crippen molar-refractivity contribution in [2.24, 2.45) is 10.1 Å². The number of hydrogen-bond acceptors (Lipinski definition) is 5. The van der Waals surface area contributed by atoms with Crippen molar-refractivity contribution in [1.29, 1.82) is 5.41 Å². The highest BCUT2D eigenvalue weighted by Crippen LogP contribution is 2.30. The van der Waals surface area contributed by atoms with Crippen LogP contribution in [0.2, 0.25) is 0 Å². The molecule has 5 rings (SSSR count). The predicted octanol–water partition coefficient (Wildman–Crippen LogP) is 5.66. The minimum atomic E-state index is -0.438. The first-order valence-corrected chi connectivity index (χ1v) is 12.6. The van der Waals surface area contributed by atoms with E-state index < -0.39 is 5.91 Å². The number of aliphatic imine (C=N–C) groups is 1. The van der Waals surface area contributed by atoms with Gasteiger partial charge in [0.05, 0.1) is 5.57 Å². The average Bonchev–Trinajstić information content (AvgIpc) is 3.40. The van der Waals surface area contributed by atoms with Gasteiger partial charge in [-0.15, -0.1) is 0 Å². The Morgan fingerprint density at radius 2 is 1.83 bits per heavy atom. The highest BCUT2D eigenvalue weighted by Gasteiger charge is 2.36. The fraction of sp³-hybridized carbons (Fsp3) is 0.214. The number of hydrogen-bond donors (Lipinski definition) is 1. The van der Waals surface area contributed by atoms with Gasteiger partial charge < -0.3 is 9.30 Å². The van der Waals surface area contributed by atoms with E-state index in [-0.39, 0.29) is 18.0 Å². The van der Waals surface area contributed by atoms with E-state index >= 15 is 0 Å². The Morgan fingerprint density at radius 3 is 2.56 bits per heavy atom. The van der Waals surface area contributed by atoms with Gasteiger partial charge in [-0.3, -0.25) is 10.2 Å². The Kier molecular flexibility index (Phi) is 6.36. The van der Waals surface area contributed by atoms with Gasteiger partial charge in [0.2, 0.25) is 5.17 Å². The lowest BCUT2D eigenvalue weighted by atomic mass is 10.1. The second-order valence-electron chi connectivity index (χ2n) is 8.75. The van der Waals surface area contributed by atoms with E-state index in [0.717, 1.165) is 40.4 Å². The number of nitrogens with zero attached hydrogens (tertiary/aromatic N) is 4. The fourth-order valence-electron chi connectivity index (χ4n) is 4.32. The monoisotopic (exact) mass is 497 g/mol. The van der Waals surface area contributed by atoms with Crippen molar-refractivity contribution in [2.75, 3.05) is 6.61 Å². The molecule has 2 aliphatic rings. The van der Waals surface area contributed by atoms with E-state index in [4.69, 9.17) is 10.1 Å². The molecule has 2 aromatic carbocycles. The van der Waals surface area contributed by atoms with E-state index in [9.17, 15) is 4.79 Å². The molecular formula is C28H27N5O2S. The molecule has 36 heavy (non-hydrogen) atoms. The van der Waals surface area contributed by atoms with Crippen molar-refractivity contribution in [3.8, 4) is 11.4 Å². The van der Waals surface area contributed by atoms with Crippen LogP contribution in [0.1, 0.15) is 35.0 Å². The first-order chi connectivity index (χ1) is 17.4. The van der Waals surface area contributed by atoms with Gasteiger partial charge in [-0.1, -0.05) is 37.3 Å². The summed E-state index contributed by atoms with van der Waals surface area (Å²) in [4.78, 5) is 17.1. The molecule has 0 spiro atoms. The SMILES string of the molecule is CCc1ccc(-n2c(C)cc(/C=C3/C(=N)N4N=C(COc5ccccc5C)SC4=NC3=O)c2C)cc1. The second kappa shape index (κ2) is 9.62. The second-order valence-corrected chi connectivity index (χ2v) is 9.79. The molecule has 8 heteroatoms. The summed E-state index contributed by atoms with van der Waals surface area (Å²) in [5, 5.41) is 15.6. The average molecular weight is 498 g/mol. The summed E-state index contributed by atoms with van der Waals surface area (Å²) in [6.07, 6.45) is 2.73. The molecule has 0 radical (unpaired) electrons. The number of aryl methyl sites for hydroxylation is 3. The standard InChI is InChI=1S/C28H27N5O2S/c1-5-20-10-12-22(13-11-20)32-18(3)14-21(19(32)4)15-23-26(29)33-28(30-27(23)34)36-25(31-33)16-35-24-9-7-6-8-17(24)2/h6-15,29H,5,16H2,1-4H3/b23-15-,29-26?. The normalized spacial score (nSPS) is 16.3. The van der Waals surface area contributed by atoms with Gasteiger partial charge >= 0.3 is 0 Å². The van der Waals surface area contributed by atoms with Crippen molar-refractivity contribution in [3.05, 3.63) is 88.2 Å². The number of carbonyl (C=O) groups excluding carboxylic acids is 1. The first-order valence-electron chi connectivity index (χ1n) is 11.8. The van der Waals surface area contributed by atoms with Gasteiger partial charge in [0.25, 0.3) is 5.91 Å². The van der Waals surface area contributed by atoms with Gasteiger partial charge in [-0.25, -0.2) is 0 Å². The number of thioether (sulfide) groups is 1. The quantitative estimate of drug-likeness (QED) is 0.445. The first kappa shape index (κ1) is 23.8. The van der Waals surface area contributed by atoms with E-state index in [0.29, 0.717) is 10.2 Å². The van der Waals surface area contributed by atoms with Gasteiger partial charge in [-0.2, -0.15) is 15.1 Å². The minimum Gasteiger partial charge on any atom is -0.486 e. The van der Waals surface area contributed by atoms with Crippen molar-refractivity contribution in [1.82, 2.24) is 9.58 Å². The number of para-hydroxylation sites is 1. The third-order valence-corrected chi connectivity index (χ3v) is 7.20. The molecule has 1 amide bonds. The number of amides is 1. The van der Waals surface area contributed by atoms with E-state index in [2.05, 4.69) is 45.9 Å². The van der Waals surface area contributed by atoms with Gasteiger partial charge in [0.15, 0.2) is 5.84 Å². The maximum atomic E-state index is 12.9. The van der Waals surface area contributed by atoms with Crippen molar-refractivity contribution < 1.29 is 9.53 Å². The van der Waals surface area contributed by atoms with E-state index in [1.807, 2.05) is 51.1 Å². The van der Waals surface area contributed by atoms with Crippen LogP contribution in [0.3, 0.4) is 0 Å². The van der Waals surface area contributed by atoms with Crippen molar-refractivity contribution in [3.63, 3.8) is 0 Å². The minimum absolute atomic E-state index is 0.0143. The van der Waals surface area contributed by atoms with Crippen LogP contribution in [0.25, 0.3) is 11.8 Å². The number of ether oxygens (including phenoxy) is 1. The van der Waals surface area contributed by atoms with Crippen LogP contribution < -0.4 is 4.74 Å². The Balaban J connectivity index is 1.39.